The van der Waals surface area contributed by atoms with Gasteiger partial charge in [-0.15, -0.1) is 0 Å². The number of hydrogen-bond donors (Lipinski definition) is 0. The van der Waals surface area contributed by atoms with Gasteiger partial charge in [0.05, 0.1) is 34.4 Å². The number of nitrogens with zero attached hydrogens (tertiary/aromatic N) is 1. The number of carbonyl (C=O) groups excluding carboxylic acids is 1. The molecule has 8 nitrogen and oxygen atoms in total. The quantitative estimate of drug-likeness (QED) is 0.0197. The molecule has 0 amide bonds. The van der Waals surface area contributed by atoms with Crippen LogP contribution in [-0.2, 0) is 27.9 Å². The van der Waals surface area contributed by atoms with Gasteiger partial charge in [0.25, 0.3) is 7.82 Å². The second kappa shape index (κ2) is 45.3. The monoisotopic (exact) mass is 882 g/mol. The van der Waals surface area contributed by atoms with Gasteiger partial charge >= 0.3 is 5.97 Å². The van der Waals surface area contributed by atoms with E-state index in [-0.39, 0.29) is 25.8 Å². The first kappa shape index (κ1) is 59.7. The zero-order valence-electron chi connectivity index (χ0n) is 40.9. The Balaban J connectivity index is 4.16. The third kappa shape index (κ3) is 49.6. The van der Waals surface area contributed by atoms with E-state index in [1.54, 1.807) is 0 Å². The molecular formula is C52H100NO7P. The van der Waals surface area contributed by atoms with Gasteiger partial charge in [-0.2, -0.15) is 0 Å². The van der Waals surface area contributed by atoms with Crippen molar-refractivity contribution >= 4 is 13.8 Å². The Hall–Kier alpha value is -1.28. The van der Waals surface area contributed by atoms with Crippen molar-refractivity contribution in [1.82, 2.24) is 0 Å². The SMILES string of the molecule is CCCCCCC/C=C\C/C=C\C/C=C\CCCCCCCCC(=O)OC(COCCCCCCCCCCCCCCCCCCCC)COP(=O)([O-])OCC[N+](C)(C)C. The van der Waals surface area contributed by atoms with Crippen molar-refractivity contribution in [1.29, 1.82) is 0 Å². The molecule has 0 bridgehead atoms. The van der Waals surface area contributed by atoms with Crippen molar-refractivity contribution in [3.05, 3.63) is 36.5 Å². The highest BCUT2D eigenvalue weighted by atomic mass is 31.2. The third-order valence-electron chi connectivity index (χ3n) is 11.2. The van der Waals surface area contributed by atoms with Gasteiger partial charge in [-0.05, 0) is 51.4 Å². The number of carbonyl (C=O) groups is 1. The van der Waals surface area contributed by atoms with Crippen LogP contribution in [0.5, 0.6) is 0 Å². The fourth-order valence-electron chi connectivity index (χ4n) is 7.20. The topological polar surface area (TPSA) is 94.1 Å². The van der Waals surface area contributed by atoms with Gasteiger partial charge in [0.2, 0.25) is 0 Å². The molecule has 0 aliphatic rings. The van der Waals surface area contributed by atoms with Gasteiger partial charge in [0.15, 0.2) is 0 Å². The number of hydrogen-bond acceptors (Lipinski definition) is 7. The molecule has 0 fully saturated rings. The second-order valence-electron chi connectivity index (χ2n) is 18.5. The first-order valence-electron chi connectivity index (χ1n) is 25.7. The van der Waals surface area contributed by atoms with Crippen LogP contribution in [-0.4, -0.2) is 70.7 Å². The molecule has 0 aliphatic carbocycles. The van der Waals surface area contributed by atoms with Gasteiger partial charge in [0, 0.05) is 13.0 Å². The van der Waals surface area contributed by atoms with Crippen LogP contribution in [0.4, 0.5) is 0 Å². The van der Waals surface area contributed by atoms with Gasteiger partial charge in [-0.25, -0.2) is 0 Å². The lowest BCUT2D eigenvalue weighted by molar-refractivity contribution is -0.870. The molecule has 0 N–H and O–H groups in total. The summed E-state index contributed by atoms with van der Waals surface area (Å²) < 4.78 is 34.7. The van der Waals surface area contributed by atoms with E-state index in [0.717, 1.165) is 57.8 Å². The van der Waals surface area contributed by atoms with Gasteiger partial charge in [0.1, 0.15) is 19.3 Å². The Bertz CT molecular complexity index is 1070. The van der Waals surface area contributed by atoms with Gasteiger partial charge < -0.3 is 27.9 Å². The van der Waals surface area contributed by atoms with Crippen LogP contribution >= 0.6 is 7.82 Å². The average Bonchev–Trinajstić information content (AvgIpc) is 3.22. The molecule has 0 saturated carbocycles. The van der Waals surface area contributed by atoms with E-state index in [1.165, 1.54) is 154 Å². The van der Waals surface area contributed by atoms with Crippen LogP contribution < -0.4 is 4.89 Å². The normalized spacial score (nSPS) is 13.9. The van der Waals surface area contributed by atoms with Crippen molar-refractivity contribution in [2.45, 2.75) is 238 Å². The summed E-state index contributed by atoms with van der Waals surface area (Å²) in [5.74, 6) is -0.343. The zero-order valence-corrected chi connectivity index (χ0v) is 41.8. The molecule has 0 aromatic carbocycles. The highest BCUT2D eigenvalue weighted by Gasteiger charge is 2.20. The predicted octanol–water partition coefficient (Wildman–Crippen LogP) is 15.1. The van der Waals surface area contributed by atoms with Crippen LogP contribution in [0.1, 0.15) is 232 Å². The number of phosphoric ester groups is 1. The predicted molar refractivity (Wildman–Crippen MR) is 259 cm³/mol. The largest absolute Gasteiger partial charge is 0.756 e. The van der Waals surface area contributed by atoms with E-state index in [4.69, 9.17) is 18.5 Å². The fourth-order valence-corrected chi connectivity index (χ4v) is 7.93. The number of likely N-dealkylation sites (N-methyl/N-ethyl adjacent to an activating group) is 1. The summed E-state index contributed by atoms with van der Waals surface area (Å²) >= 11 is 0. The molecule has 0 aromatic rings. The highest BCUT2D eigenvalue weighted by Crippen LogP contribution is 2.38. The molecular weight excluding hydrogens is 782 g/mol. The molecule has 2 unspecified atom stereocenters. The third-order valence-corrected chi connectivity index (χ3v) is 12.2. The minimum atomic E-state index is -4.53. The Kier molecular flexibility index (Phi) is 44.3. The minimum Gasteiger partial charge on any atom is -0.756 e. The molecule has 2 atom stereocenters. The maximum Gasteiger partial charge on any atom is 0.306 e. The lowest BCUT2D eigenvalue weighted by atomic mass is 10.0. The van der Waals surface area contributed by atoms with Crippen molar-refractivity contribution in [3.63, 3.8) is 0 Å². The lowest BCUT2D eigenvalue weighted by Gasteiger charge is -2.28. The molecule has 0 aliphatic heterocycles. The maximum absolute atomic E-state index is 12.7. The molecule has 0 aromatic heterocycles. The summed E-state index contributed by atoms with van der Waals surface area (Å²) in [6.07, 6.45) is 54.5. The van der Waals surface area contributed by atoms with Crippen molar-refractivity contribution in [2.24, 2.45) is 0 Å². The van der Waals surface area contributed by atoms with Crippen LogP contribution in [0.2, 0.25) is 0 Å². The van der Waals surface area contributed by atoms with Crippen molar-refractivity contribution in [3.8, 4) is 0 Å². The summed E-state index contributed by atoms with van der Waals surface area (Å²) in [6, 6.07) is 0. The molecule has 0 rings (SSSR count). The van der Waals surface area contributed by atoms with Crippen LogP contribution in [0.15, 0.2) is 36.5 Å². The number of quaternary nitrogens is 1. The van der Waals surface area contributed by atoms with Crippen LogP contribution in [0.25, 0.3) is 0 Å². The molecule has 61 heavy (non-hydrogen) atoms. The minimum absolute atomic E-state index is 0.0243. The molecule has 0 spiro atoms. The number of phosphoric acid groups is 1. The van der Waals surface area contributed by atoms with E-state index < -0.39 is 13.9 Å². The van der Waals surface area contributed by atoms with E-state index >= 15 is 0 Å². The van der Waals surface area contributed by atoms with Crippen LogP contribution in [0.3, 0.4) is 0 Å². The highest BCUT2D eigenvalue weighted by molar-refractivity contribution is 7.45. The molecule has 0 radical (unpaired) electrons. The van der Waals surface area contributed by atoms with E-state index in [0.29, 0.717) is 24.1 Å². The fraction of sp³-hybridized carbons (Fsp3) is 0.865. The summed E-state index contributed by atoms with van der Waals surface area (Å²) in [6.45, 7) is 5.42. The van der Waals surface area contributed by atoms with E-state index in [9.17, 15) is 14.3 Å². The van der Waals surface area contributed by atoms with E-state index in [1.807, 2.05) is 21.1 Å². The Labute approximate surface area is 378 Å². The van der Waals surface area contributed by atoms with Gasteiger partial charge in [-0.1, -0.05) is 211 Å². The Morgan fingerprint density at radius 1 is 0.508 bits per heavy atom. The number of allylic oxidation sites excluding steroid dienone is 6. The zero-order chi connectivity index (χ0) is 44.8. The number of ether oxygens (including phenoxy) is 2. The van der Waals surface area contributed by atoms with Crippen molar-refractivity contribution < 1.29 is 37.3 Å². The van der Waals surface area contributed by atoms with Crippen molar-refractivity contribution in [2.75, 3.05) is 54.1 Å². The smallest absolute Gasteiger partial charge is 0.306 e. The summed E-state index contributed by atoms with van der Waals surface area (Å²) in [5.41, 5.74) is 0. The van der Waals surface area contributed by atoms with E-state index in [2.05, 4.69) is 50.3 Å². The molecule has 9 heteroatoms. The number of esters is 1. The Morgan fingerprint density at radius 3 is 1.34 bits per heavy atom. The first-order valence-corrected chi connectivity index (χ1v) is 27.2. The summed E-state index contributed by atoms with van der Waals surface area (Å²) in [4.78, 5) is 25.2. The average molecular weight is 882 g/mol. The lowest BCUT2D eigenvalue weighted by Crippen LogP contribution is -2.37. The summed E-state index contributed by atoms with van der Waals surface area (Å²) in [7, 11) is 1.35. The number of rotatable bonds is 48. The van der Waals surface area contributed by atoms with Gasteiger partial charge in [-0.3, -0.25) is 9.36 Å². The summed E-state index contributed by atoms with van der Waals surface area (Å²) in [5, 5.41) is 0. The molecule has 0 saturated heterocycles. The molecule has 0 heterocycles. The first-order chi connectivity index (χ1) is 29.6. The van der Waals surface area contributed by atoms with Crippen LogP contribution in [0, 0.1) is 0 Å². The Morgan fingerprint density at radius 2 is 0.902 bits per heavy atom. The standard InChI is InChI=1S/C52H100NO7P/c1-6-8-10-12-14-16-18-20-22-24-26-27-28-29-31-33-35-37-39-41-43-45-52(54)60-51(50-59-61(55,56)58-48-46-53(3,4)5)49-57-47-44-42-40-38-36-34-32-30-25-23-21-19-17-15-13-11-9-7-2/h18,20,24,26,28-29,51H,6-17,19,21-23,25,27,30-50H2,1-5H3/b20-18-,26-24-,29-28-. The molecule has 360 valence electrons. The number of unbranched alkanes of at least 4 members (excludes halogenated alkanes) is 28. The maximum atomic E-state index is 12.7. The second-order valence-corrected chi connectivity index (χ2v) is 19.9.